The van der Waals surface area contributed by atoms with Crippen molar-refractivity contribution in [2.24, 2.45) is 0 Å². The molecule has 0 aromatic heterocycles. The maximum Gasteiger partial charge on any atom is 0.340 e. The second-order valence-electron chi connectivity index (χ2n) is 5.70. The number of carbonyl (C=O) groups excluding carboxylic acids is 2. The molecular weight excluding hydrogens is 372 g/mol. The Labute approximate surface area is 161 Å². The number of hydrogen-bond acceptors (Lipinski definition) is 5. The smallest absolute Gasteiger partial charge is 0.340 e. The molecule has 8 heteroatoms. The van der Waals surface area contributed by atoms with Crippen LogP contribution in [0.15, 0.2) is 36.4 Å². The van der Waals surface area contributed by atoms with E-state index in [1.807, 2.05) is 0 Å². The van der Waals surface area contributed by atoms with Crippen LogP contribution in [-0.2, 0) is 19.1 Å². The standard InChI is InChI=1S/C20H21F2NO5/c1-4-26-19(20(25)27-5-2)18-16(21)10-15(11-17(18)22)28-14-8-6-7-13(9-14)23-12(3)24/h6-11,19H,4-5H2,1-3H3,(H,23,24). The molecule has 1 amide bonds. The van der Waals surface area contributed by atoms with E-state index in [-0.39, 0.29) is 30.6 Å². The third kappa shape index (κ3) is 5.50. The minimum absolute atomic E-state index is 0.0531. The fourth-order valence-corrected chi connectivity index (χ4v) is 2.50. The van der Waals surface area contributed by atoms with Crippen LogP contribution in [0.2, 0.25) is 0 Å². The maximum atomic E-state index is 14.6. The van der Waals surface area contributed by atoms with E-state index in [9.17, 15) is 18.4 Å². The lowest BCUT2D eigenvalue weighted by Crippen LogP contribution is -2.21. The van der Waals surface area contributed by atoms with Crippen molar-refractivity contribution < 1.29 is 32.6 Å². The summed E-state index contributed by atoms with van der Waals surface area (Å²) in [5.74, 6) is -2.99. The Bertz CT molecular complexity index is 833. The summed E-state index contributed by atoms with van der Waals surface area (Å²) in [4.78, 5) is 23.1. The largest absolute Gasteiger partial charge is 0.464 e. The molecular formula is C20H21F2NO5. The van der Waals surface area contributed by atoms with Gasteiger partial charge < -0.3 is 19.5 Å². The summed E-state index contributed by atoms with van der Waals surface area (Å²) < 4.78 is 44.6. The maximum absolute atomic E-state index is 14.6. The summed E-state index contributed by atoms with van der Waals surface area (Å²) in [7, 11) is 0. The van der Waals surface area contributed by atoms with Gasteiger partial charge in [-0.1, -0.05) is 6.07 Å². The number of benzene rings is 2. The molecule has 1 atom stereocenters. The van der Waals surface area contributed by atoms with Crippen molar-refractivity contribution in [1.82, 2.24) is 0 Å². The van der Waals surface area contributed by atoms with Crippen molar-refractivity contribution in [3.8, 4) is 11.5 Å². The van der Waals surface area contributed by atoms with Crippen molar-refractivity contribution in [2.45, 2.75) is 26.9 Å². The van der Waals surface area contributed by atoms with E-state index in [0.717, 1.165) is 12.1 Å². The zero-order valence-electron chi connectivity index (χ0n) is 15.8. The summed E-state index contributed by atoms with van der Waals surface area (Å²) in [6.45, 7) is 4.66. The number of hydrogen-bond donors (Lipinski definition) is 1. The van der Waals surface area contributed by atoms with Crippen LogP contribution in [0.3, 0.4) is 0 Å². The van der Waals surface area contributed by atoms with Crippen LogP contribution in [0.4, 0.5) is 14.5 Å². The van der Waals surface area contributed by atoms with Crippen LogP contribution in [0.25, 0.3) is 0 Å². The summed E-state index contributed by atoms with van der Waals surface area (Å²) in [6.07, 6.45) is -1.51. The summed E-state index contributed by atoms with van der Waals surface area (Å²) >= 11 is 0. The van der Waals surface area contributed by atoms with E-state index in [1.54, 1.807) is 32.0 Å². The molecule has 28 heavy (non-hydrogen) atoms. The van der Waals surface area contributed by atoms with Gasteiger partial charge >= 0.3 is 5.97 Å². The number of amides is 1. The molecule has 0 aliphatic rings. The van der Waals surface area contributed by atoms with Gasteiger partial charge in [0.15, 0.2) is 6.10 Å². The van der Waals surface area contributed by atoms with Crippen LogP contribution >= 0.6 is 0 Å². The second kappa shape index (κ2) is 9.80. The summed E-state index contributed by atoms with van der Waals surface area (Å²) in [5, 5.41) is 2.58. The molecule has 1 unspecified atom stereocenters. The van der Waals surface area contributed by atoms with Gasteiger partial charge in [0, 0.05) is 37.4 Å². The zero-order valence-corrected chi connectivity index (χ0v) is 15.8. The molecule has 0 saturated heterocycles. The predicted octanol–water partition coefficient (Wildman–Crippen LogP) is 4.36. The van der Waals surface area contributed by atoms with Crippen molar-refractivity contribution in [2.75, 3.05) is 18.5 Å². The molecule has 2 rings (SSSR count). The van der Waals surface area contributed by atoms with E-state index in [2.05, 4.69) is 5.32 Å². The lowest BCUT2D eigenvalue weighted by atomic mass is 10.1. The van der Waals surface area contributed by atoms with Gasteiger partial charge in [-0.25, -0.2) is 13.6 Å². The Kier molecular flexibility index (Phi) is 7.45. The van der Waals surface area contributed by atoms with Gasteiger partial charge in [-0.3, -0.25) is 4.79 Å². The van der Waals surface area contributed by atoms with E-state index >= 15 is 0 Å². The van der Waals surface area contributed by atoms with Crippen molar-refractivity contribution in [3.63, 3.8) is 0 Å². The first kappa shape index (κ1) is 21.3. The molecule has 0 heterocycles. The van der Waals surface area contributed by atoms with E-state index < -0.39 is 29.3 Å². The Morgan fingerprint density at radius 2 is 1.71 bits per heavy atom. The number of esters is 1. The Balaban J connectivity index is 2.30. The minimum Gasteiger partial charge on any atom is -0.464 e. The van der Waals surface area contributed by atoms with Gasteiger partial charge in [-0.15, -0.1) is 0 Å². The molecule has 6 nitrogen and oxygen atoms in total. The molecule has 0 bridgehead atoms. The van der Waals surface area contributed by atoms with Crippen molar-refractivity contribution >= 4 is 17.6 Å². The Morgan fingerprint density at radius 1 is 1.04 bits per heavy atom. The molecule has 0 radical (unpaired) electrons. The van der Waals surface area contributed by atoms with Gasteiger partial charge in [0.2, 0.25) is 5.91 Å². The Morgan fingerprint density at radius 3 is 2.29 bits per heavy atom. The fourth-order valence-electron chi connectivity index (χ4n) is 2.50. The van der Waals surface area contributed by atoms with Crippen LogP contribution in [0.1, 0.15) is 32.4 Å². The molecule has 0 spiro atoms. The number of carbonyl (C=O) groups is 2. The van der Waals surface area contributed by atoms with Crippen LogP contribution in [0.5, 0.6) is 11.5 Å². The quantitative estimate of drug-likeness (QED) is 0.675. The zero-order chi connectivity index (χ0) is 20.7. The van der Waals surface area contributed by atoms with Crippen LogP contribution in [-0.4, -0.2) is 25.1 Å². The van der Waals surface area contributed by atoms with Gasteiger partial charge in [0.25, 0.3) is 0 Å². The van der Waals surface area contributed by atoms with Crippen molar-refractivity contribution in [1.29, 1.82) is 0 Å². The molecule has 150 valence electrons. The highest BCUT2D eigenvalue weighted by Gasteiger charge is 2.29. The lowest BCUT2D eigenvalue weighted by molar-refractivity contribution is -0.157. The molecule has 0 fully saturated rings. The second-order valence-corrected chi connectivity index (χ2v) is 5.70. The molecule has 0 aliphatic carbocycles. The Hall–Kier alpha value is -3.00. The number of rotatable bonds is 8. The highest BCUT2D eigenvalue weighted by molar-refractivity contribution is 5.88. The average Bonchev–Trinajstić information content (AvgIpc) is 2.60. The van der Waals surface area contributed by atoms with Gasteiger partial charge in [0.05, 0.1) is 12.2 Å². The van der Waals surface area contributed by atoms with E-state index in [0.29, 0.717) is 5.69 Å². The summed E-state index contributed by atoms with van der Waals surface area (Å²) in [5.41, 5.74) is -0.0686. The molecule has 0 aliphatic heterocycles. The topological polar surface area (TPSA) is 73.9 Å². The highest BCUT2D eigenvalue weighted by Crippen LogP contribution is 2.31. The van der Waals surface area contributed by atoms with Gasteiger partial charge in [-0.2, -0.15) is 0 Å². The average molecular weight is 393 g/mol. The van der Waals surface area contributed by atoms with Crippen molar-refractivity contribution in [3.05, 3.63) is 53.6 Å². The van der Waals surface area contributed by atoms with Crippen LogP contribution < -0.4 is 10.1 Å². The van der Waals surface area contributed by atoms with E-state index in [4.69, 9.17) is 14.2 Å². The van der Waals surface area contributed by atoms with E-state index in [1.165, 1.54) is 13.0 Å². The summed E-state index contributed by atoms with van der Waals surface area (Å²) in [6, 6.07) is 8.24. The minimum atomic E-state index is -1.51. The first-order chi connectivity index (χ1) is 13.3. The third-order valence-electron chi connectivity index (χ3n) is 3.54. The number of halogens is 2. The molecule has 2 aromatic rings. The molecule has 0 saturated carbocycles. The predicted molar refractivity (Wildman–Crippen MR) is 98.2 cm³/mol. The monoisotopic (exact) mass is 393 g/mol. The molecule has 2 aromatic carbocycles. The van der Waals surface area contributed by atoms with Gasteiger partial charge in [0.1, 0.15) is 23.1 Å². The first-order valence-electron chi connectivity index (χ1n) is 8.68. The third-order valence-corrected chi connectivity index (χ3v) is 3.54. The van der Waals surface area contributed by atoms with Gasteiger partial charge in [-0.05, 0) is 26.0 Å². The number of nitrogens with one attached hydrogen (secondary N) is 1. The highest BCUT2D eigenvalue weighted by atomic mass is 19.1. The number of anilines is 1. The van der Waals surface area contributed by atoms with Crippen LogP contribution in [0, 0.1) is 11.6 Å². The lowest BCUT2D eigenvalue weighted by Gasteiger charge is -2.18. The molecule has 1 N–H and O–H groups in total. The SMILES string of the molecule is CCOC(=O)C(OCC)c1c(F)cc(Oc2cccc(NC(C)=O)c2)cc1F. The first-order valence-corrected chi connectivity index (χ1v) is 8.68. The number of ether oxygens (including phenoxy) is 3. The normalized spacial score (nSPS) is 11.6. The fraction of sp³-hybridized carbons (Fsp3) is 0.300.